The summed E-state index contributed by atoms with van der Waals surface area (Å²) >= 11 is 0. The Bertz CT molecular complexity index is 1110. The predicted molar refractivity (Wildman–Crippen MR) is 119 cm³/mol. The predicted octanol–water partition coefficient (Wildman–Crippen LogP) is 2.78. The van der Waals surface area contributed by atoms with Crippen LogP contribution >= 0.6 is 0 Å². The van der Waals surface area contributed by atoms with Crippen LogP contribution in [0.1, 0.15) is 26.1 Å². The molecule has 0 radical (unpaired) electrons. The Morgan fingerprint density at radius 1 is 1.00 bits per heavy atom. The molecule has 0 spiro atoms. The maximum atomic E-state index is 14.0. The molecule has 3 aromatic rings. The van der Waals surface area contributed by atoms with Crippen LogP contribution in [-0.2, 0) is 4.74 Å². The van der Waals surface area contributed by atoms with Crippen LogP contribution in [0.3, 0.4) is 0 Å². The number of imidazole rings is 1. The first kappa shape index (κ1) is 21.0. The minimum absolute atomic E-state index is 0.0850. The Hall–Kier alpha value is -2.85. The molecule has 1 aromatic carbocycles. The molecule has 1 N–H and O–H groups in total. The number of halogens is 2. The number of benzene rings is 1. The van der Waals surface area contributed by atoms with E-state index in [1.54, 1.807) is 24.3 Å². The number of aromatic nitrogens is 4. The summed E-state index contributed by atoms with van der Waals surface area (Å²) in [6, 6.07) is 8.94. The molecule has 32 heavy (non-hydrogen) atoms. The van der Waals surface area contributed by atoms with Gasteiger partial charge in [-0.05, 0) is 26.0 Å². The van der Waals surface area contributed by atoms with Gasteiger partial charge >= 0.3 is 0 Å². The van der Waals surface area contributed by atoms with E-state index in [4.69, 9.17) is 14.7 Å². The van der Waals surface area contributed by atoms with E-state index in [1.165, 1.54) is 4.57 Å². The van der Waals surface area contributed by atoms with Crippen molar-refractivity contribution >= 4 is 22.8 Å². The smallest absolute Gasteiger partial charge is 0.296 e. The number of alkyl halides is 2. The highest BCUT2D eigenvalue weighted by Crippen LogP contribution is 2.30. The highest BCUT2D eigenvalue weighted by Gasteiger charge is 2.29. The van der Waals surface area contributed by atoms with E-state index in [9.17, 15) is 8.78 Å². The normalized spacial score (nSPS) is 19.2. The number of rotatable bonds is 4. The van der Waals surface area contributed by atoms with E-state index < -0.39 is 6.43 Å². The van der Waals surface area contributed by atoms with Gasteiger partial charge in [0.25, 0.3) is 6.43 Å². The number of piperazine rings is 1. The molecule has 2 aliphatic rings. The second-order valence-corrected chi connectivity index (χ2v) is 8.81. The molecule has 10 heteroatoms. The minimum atomic E-state index is -2.73. The largest absolute Gasteiger partial charge is 0.378 e. The fourth-order valence-electron chi connectivity index (χ4n) is 4.36. The van der Waals surface area contributed by atoms with Crippen LogP contribution in [0, 0.1) is 0 Å². The molecule has 170 valence electrons. The third-order valence-electron chi connectivity index (χ3n) is 5.89. The van der Waals surface area contributed by atoms with Gasteiger partial charge in [0, 0.05) is 44.3 Å². The first-order valence-corrected chi connectivity index (χ1v) is 10.9. The van der Waals surface area contributed by atoms with Crippen molar-refractivity contribution in [2.24, 2.45) is 0 Å². The molecule has 4 heterocycles. The van der Waals surface area contributed by atoms with Crippen molar-refractivity contribution in [2.75, 3.05) is 55.7 Å². The maximum Gasteiger partial charge on any atom is 0.296 e. The second-order valence-electron chi connectivity index (χ2n) is 8.81. The standard InChI is InChI=1S/C22H27F2N7O/c1-22(2)14-30(8-7-25-22)17-13-18(28-21(27-17)29-9-11-32-12-10-29)31-16-6-4-3-5-15(16)26-20(31)19(23)24/h3-6,13,19,25H,7-12,14H2,1-2H3. The Labute approximate surface area is 185 Å². The fraction of sp³-hybridized carbons (Fsp3) is 0.500. The molecule has 0 unspecified atom stereocenters. The van der Waals surface area contributed by atoms with Gasteiger partial charge in [0.15, 0.2) is 5.82 Å². The lowest BCUT2D eigenvalue weighted by atomic mass is 10.0. The molecule has 2 saturated heterocycles. The zero-order chi connectivity index (χ0) is 22.3. The van der Waals surface area contributed by atoms with Crippen LogP contribution in [0.25, 0.3) is 16.9 Å². The number of hydrogen-bond donors (Lipinski definition) is 1. The summed E-state index contributed by atoms with van der Waals surface area (Å²) in [5.41, 5.74) is 1.03. The highest BCUT2D eigenvalue weighted by atomic mass is 19.3. The van der Waals surface area contributed by atoms with Crippen LogP contribution in [0.2, 0.25) is 0 Å². The molecule has 0 amide bonds. The third kappa shape index (κ3) is 4.00. The summed E-state index contributed by atoms with van der Waals surface area (Å²) in [7, 11) is 0. The van der Waals surface area contributed by atoms with Crippen molar-refractivity contribution in [1.82, 2.24) is 24.8 Å². The molecule has 2 fully saturated rings. The number of nitrogens with one attached hydrogen (secondary N) is 1. The number of hydrogen-bond acceptors (Lipinski definition) is 7. The third-order valence-corrected chi connectivity index (χ3v) is 5.89. The Morgan fingerprint density at radius 3 is 2.50 bits per heavy atom. The van der Waals surface area contributed by atoms with Crippen LogP contribution < -0.4 is 15.1 Å². The van der Waals surface area contributed by atoms with E-state index >= 15 is 0 Å². The van der Waals surface area contributed by atoms with Gasteiger partial charge in [0.1, 0.15) is 11.6 Å². The van der Waals surface area contributed by atoms with Crippen molar-refractivity contribution < 1.29 is 13.5 Å². The van der Waals surface area contributed by atoms with E-state index in [2.05, 4.69) is 29.0 Å². The number of fused-ring (bicyclic) bond motifs is 1. The fourth-order valence-corrected chi connectivity index (χ4v) is 4.36. The number of nitrogens with zero attached hydrogens (tertiary/aromatic N) is 6. The summed E-state index contributed by atoms with van der Waals surface area (Å²) in [6.45, 7) is 9.10. The topological polar surface area (TPSA) is 71.3 Å². The number of anilines is 2. The maximum absolute atomic E-state index is 14.0. The van der Waals surface area contributed by atoms with E-state index in [-0.39, 0.29) is 11.4 Å². The van der Waals surface area contributed by atoms with E-state index in [0.29, 0.717) is 49.1 Å². The van der Waals surface area contributed by atoms with Crippen molar-refractivity contribution in [2.45, 2.75) is 25.8 Å². The van der Waals surface area contributed by atoms with Gasteiger partial charge in [-0.25, -0.2) is 13.8 Å². The quantitative estimate of drug-likeness (QED) is 0.665. The Morgan fingerprint density at radius 2 is 1.75 bits per heavy atom. The summed E-state index contributed by atoms with van der Waals surface area (Å²) in [5.74, 6) is 1.33. The van der Waals surface area contributed by atoms with Crippen molar-refractivity contribution in [1.29, 1.82) is 0 Å². The molecule has 0 bridgehead atoms. The van der Waals surface area contributed by atoms with Gasteiger partial charge in [0.05, 0.1) is 24.2 Å². The SMILES string of the molecule is CC1(C)CN(c2cc(-n3c(C(F)F)nc4ccccc43)nc(N3CCOCC3)n2)CCN1. The van der Waals surface area contributed by atoms with Gasteiger partial charge in [-0.1, -0.05) is 12.1 Å². The summed E-state index contributed by atoms with van der Waals surface area (Å²) < 4.78 is 34.9. The molecule has 5 rings (SSSR count). The molecular formula is C22H27F2N7O. The molecule has 0 saturated carbocycles. The Kier molecular flexibility index (Phi) is 5.42. The van der Waals surface area contributed by atoms with Crippen molar-refractivity contribution in [3.05, 3.63) is 36.2 Å². The van der Waals surface area contributed by atoms with Gasteiger partial charge in [-0.15, -0.1) is 0 Å². The Balaban J connectivity index is 1.67. The first-order chi connectivity index (χ1) is 15.4. The molecule has 2 aromatic heterocycles. The van der Waals surface area contributed by atoms with Crippen LogP contribution in [-0.4, -0.2) is 71.0 Å². The minimum Gasteiger partial charge on any atom is -0.378 e. The molecule has 0 aliphatic carbocycles. The lowest BCUT2D eigenvalue weighted by Crippen LogP contribution is -2.57. The van der Waals surface area contributed by atoms with Gasteiger partial charge in [-0.2, -0.15) is 9.97 Å². The number of morpholine rings is 1. The molecule has 0 atom stereocenters. The van der Waals surface area contributed by atoms with Gasteiger partial charge in [0.2, 0.25) is 5.95 Å². The number of para-hydroxylation sites is 2. The molecule has 2 aliphatic heterocycles. The second kappa shape index (κ2) is 8.25. The van der Waals surface area contributed by atoms with Crippen LogP contribution in [0.15, 0.2) is 30.3 Å². The molecular weight excluding hydrogens is 416 g/mol. The van der Waals surface area contributed by atoms with E-state index in [1.807, 2.05) is 11.0 Å². The monoisotopic (exact) mass is 443 g/mol. The highest BCUT2D eigenvalue weighted by molar-refractivity contribution is 5.78. The van der Waals surface area contributed by atoms with Gasteiger partial charge < -0.3 is 19.9 Å². The zero-order valence-electron chi connectivity index (χ0n) is 18.3. The van der Waals surface area contributed by atoms with Crippen molar-refractivity contribution in [3.63, 3.8) is 0 Å². The lowest BCUT2D eigenvalue weighted by molar-refractivity contribution is 0.122. The summed E-state index contributed by atoms with van der Waals surface area (Å²) in [4.78, 5) is 18.0. The van der Waals surface area contributed by atoms with Crippen molar-refractivity contribution in [3.8, 4) is 5.82 Å². The lowest BCUT2D eigenvalue weighted by Gasteiger charge is -2.40. The van der Waals surface area contributed by atoms with Crippen LogP contribution in [0.4, 0.5) is 20.5 Å². The average Bonchev–Trinajstić information content (AvgIpc) is 3.19. The van der Waals surface area contributed by atoms with Gasteiger partial charge in [-0.3, -0.25) is 4.57 Å². The summed E-state index contributed by atoms with van der Waals surface area (Å²) in [6.07, 6.45) is -2.73. The first-order valence-electron chi connectivity index (χ1n) is 10.9. The number of ether oxygens (including phenoxy) is 1. The summed E-state index contributed by atoms with van der Waals surface area (Å²) in [5, 5.41) is 3.50. The average molecular weight is 444 g/mol. The van der Waals surface area contributed by atoms with Crippen LogP contribution in [0.5, 0.6) is 0 Å². The zero-order valence-corrected chi connectivity index (χ0v) is 18.3. The van der Waals surface area contributed by atoms with E-state index in [0.717, 1.165) is 25.5 Å². The molecule has 8 nitrogen and oxygen atoms in total.